The van der Waals surface area contributed by atoms with E-state index in [0.717, 1.165) is 0 Å². The maximum atomic E-state index is 10.9. The van der Waals surface area contributed by atoms with E-state index in [2.05, 4.69) is 9.97 Å². The molecule has 0 atom stereocenters. The summed E-state index contributed by atoms with van der Waals surface area (Å²) in [7, 11) is 0. The first-order chi connectivity index (χ1) is 4.75. The Morgan fingerprint density at radius 2 is 2.50 bits per heavy atom. The Bertz CT molecular complexity index is 279. The fraction of sp³-hybridized carbons (Fsp3) is 0.333. The highest BCUT2D eigenvalue weighted by molar-refractivity contribution is 5.35. The van der Waals surface area contributed by atoms with E-state index in [0.29, 0.717) is 17.8 Å². The average molecular weight is 139 g/mol. The molecule has 1 heterocycles. The zero-order valence-electron chi connectivity index (χ0n) is 5.72. The van der Waals surface area contributed by atoms with Crippen molar-refractivity contribution in [3.63, 3.8) is 0 Å². The lowest BCUT2D eigenvalue weighted by atomic mass is 10.2. The molecule has 0 spiro atoms. The van der Waals surface area contributed by atoms with Crippen molar-refractivity contribution in [2.75, 3.05) is 5.73 Å². The van der Waals surface area contributed by atoms with Crippen molar-refractivity contribution in [1.82, 2.24) is 9.97 Å². The van der Waals surface area contributed by atoms with Crippen molar-refractivity contribution in [2.45, 2.75) is 13.3 Å². The van der Waals surface area contributed by atoms with Gasteiger partial charge in [-0.1, -0.05) is 6.92 Å². The molecule has 1 aromatic rings. The molecule has 0 radical (unpaired) electrons. The molecule has 0 aliphatic rings. The van der Waals surface area contributed by atoms with Gasteiger partial charge < -0.3 is 10.7 Å². The number of nitrogen functional groups attached to an aromatic ring is 1. The molecule has 1 rings (SSSR count). The molecule has 10 heavy (non-hydrogen) atoms. The van der Waals surface area contributed by atoms with E-state index in [-0.39, 0.29) is 5.56 Å². The smallest absolute Gasteiger partial charge is 0.255 e. The van der Waals surface area contributed by atoms with Gasteiger partial charge in [0.2, 0.25) is 0 Å². The normalized spacial score (nSPS) is 9.70. The predicted molar refractivity (Wildman–Crippen MR) is 38.6 cm³/mol. The van der Waals surface area contributed by atoms with Crippen molar-refractivity contribution in [3.05, 3.63) is 22.2 Å². The second kappa shape index (κ2) is 2.51. The number of aromatic nitrogens is 2. The van der Waals surface area contributed by atoms with Crippen LogP contribution in [0.15, 0.2) is 11.1 Å². The van der Waals surface area contributed by atoms with Crippen LogP contribution in [0.25, 0.3) is 0 Å². The number of rotatable bonds is 1. The molecule has 0 saturated carbocycles. The number of nitrogens with one attached hydrogen (secondary N) is 1. The van der Waals surface area contributed by atoms with Gasteiger partial charge in [0, 0.05) is 0 Å². The summed E-state index contributed by atoms with van der Waals surface area (Å²) in [5, 5.41) is 0. The summed E-state index contributed by atoms with van der Waals surface area (Å²) >= 11 is 0. The van der Waals surface area contributed by atoms with E-state index in [9.17, 15) is 4.79 Å². The number of nitrogens with zero attached hydrogens (tertiary/aromatic N) is 1. The Morgan fingerprint density at radius 1 is 1.80 bits per heavy atom. The molecule has 0 unspecified atom stereocenters. The molecule has 4 nitrogen and oxygen atoms in total. The van der Waals surface area contributed by atoms with Gasteiger partial charge in [0.05, 0.1) is 11.9 Å². The first-order valence-corrected chi connectivity index (χ1v) is 3.07. The van der Waals surface area contributed by atoms with Crippen LogP contribution in [-0.2, 0) is 6.42 Å². The van der Waals surface area contributed by atoms with Crippen LogP contribution in [0.1, 0.15) is 12.5 Å². The van der Waals surface area contributed by atoms with Gasteiger partial charge in [0.1, 0.15) is 5.82 Å². The Labute approximate surface area is 58.1 Å². The van der Waals surface area contributed by atoms with Crippen LogP contribution in [-0.4, -0.2) is 9.97 Å². The standard InChI is InChI=1S/C6H9N3O/c1-2-4-5(7)8-3-9-6(4)10/h3H,2H2,1H3,(H3,7,8,9,10). The molecule has 3 N–H and O–H groups in total. The number of H-pyrrole nitrogens is 1. The fourth-order valence-corrected chi connectivity index (χ4v) is 0.783. The predicted octanol–water partition coefficient (Wildman–Crippen LogP) is -0.0855. The monoisotopic (exact) mass is 139 g/mol. The second-order valence-corrected chi connectivity index (χ2v) is 1.95. The summed E-state index contributed by atoms with van der Waals surface area (Å²) < 4.78 is 0. The van der Waals surface area contributed by atoms with E-state index in [4.69, 9.17) is 5.73 Å². The van der Waals surface area contributed by atoms with Crippen LogP contribution in [0.5, 0.6) is 0 Å². The third-order valence-corrected chi connectivity index (χ3v) is 1.34. The number of hydrogen-bond donors (Lipinski definition) is 2. The van der Waals surface area contributed by atoms with Crippen LogP contribution in [0.4, 0.5) is 5.82 Å². The molecule has 0 aromatic carbocycles. The maximum absolute atomic E-state index is 10.9. The Kier molecular flexibility index (Phi) is 1.71. The number of aromatic amines is 1. The van der Waals surface area contributed by atoms with E-state index in [1.54, 1.807) is 0 Å². The largest absolute Gasteiger partial charge is 0.383 e. The molecular weight excluding hydrogens is 130 g/mol. The van der Waals surface area contributed by atoms with Crippen LogP contribution >= 0.6 is 0 Å². The topological polar surface area (TPSA) is 71.8 Å². The molecule has 0 fully saturated rings. The van der Waals surface area contributed by atoms with Gasteiger partial charge in [-0.25, -0.2) is 4.98 Å². The summed E-state index contributed by atoms with van der Waals surface area (Å²) in [6.07, 6.45) is 1.92. The summed E-state index contributed by atoms with van der Waals surface area (Å²) in [4.78, 5) is 17.1. The quantitative estimate of drug-likeness (QED) is 0.571. The highest BCUT2D eigenvalue weighted by Gasteiger charge is 2.00. The first-order valence-electron chi connectivity index (χ1n) is 3.07. The van der Waals surface area contributed by atoms with Gasteiger partial charge in [0.15, 0.2) is 0 Å². The molecule has 0 amide bonds. The van der Waals surface area contributed by atoms with Gasteiger partial charge in [-0.15, -0.1) is 0 Å². The van der Waals surface area contributed by atoms with Crippen LogP contribution < -0.4 is 11.3 Å². The summed E-state index contributed by atoms with van der Waals surface area (Å²) in [5.74, 6) is 0.325. The van der Waals surface area contributed by atoms with E-state index < -0.39 is 0 Å². The first kappa shape index (κ1) is 6.80. The number of anilines is 1. The Balaban J connectivity index is 3.31. The van der Waals surface area contributed by atoms with E-state index >= 15 is 0 Å². The van der Waals surface area contributed by atoms with Crippen molar-refractivity contribution in [1.29, 1.82) is 0 Å². The molecule has 0 saturated heterocycles. The highest BCUT2D eigenvalue weighted by atomic mass is 16.1. The minimum atomic E-state index is -0.144. The van der Waals surface area contributed by atoms with E-state index in [1.807, 2.05) is 6.92 Å². The van der Waals surface area contributed by atoms with Crippen LogP contribution in [0.3, 0.4) is 0 Å². The van der Waals surface area contributed by atoms with Crippen LogP contribution in [0, 0.1) is 0 Å². The maximum Gasteiger partial charge on any atom is 0.255 e. The molecular formula is C6H9N3O. The molecule has 0 bridgehead atoms. The Hall–Kier alpha value is -1.32. The lowest BCUT2D eigenvalue weighted by Gasteiger charge is -1.96. The molecule has 4 heteroatoms. The van der Waals surface area contributed by atoms with Crippen LogP contribution in [0.2, 0.25) is 0 Å². The van der Waals surface area contributed by atoms with Gasteiger partial charge in [-0.2, -0.15) is 0 Å². The zero-order valence-corrected chi connectivity index (χ0v) is 5.72. The van der Waals surface area contributed by atoms with Gasteiger partial charge in [-0.05, 0) is 6.42 Å². The van der Waals surface area contributed by atoms with Gasteiger partial charge in [0.25, 0.3) is 5.56 Å². The van der Waals surface area contributed by atoms with Gasteiger partial charge >= 0.3 is 0 Å². The molecule has 54 valence electrons. The SMILES string of the molecule is CCc1c(N)nc[nH]c1=O. The number of hydrogen-bond acceptors (Lipinski definition) is 3. The molecule has 0 aliphatic carbocycles. The summed E-state index contributed by atoms with van der Waals surface area (Å²) in [6.45, 7) is 1.86. The van der Waals surface area contributed by atoms with Crippen molar-refractivity contribution in [2.24, 2.45) is 0 Å². The lowest BCUT2D eigenvalue weighted by Crippen LogP contribution is -2.15. The third kappa shape index (κ3) is 1.00. The van der Waals surface area contributed by atoms with E-state index in [1.165, 1.54) is 6.33 Å². The lowest BCUT2D eigenvalue weighted by molar-refractivity contribution is 1.01. The Morgan fingerprint density at radius 3 is 2.90 bits per heavy atom. The zero-order chi connectivity index (χ0) is 7.56. The minimum Gasteiger partial charge on any atom is -0.383 e. The fourth-order valence-electron chi connectivity index (χ4n) is 0.783. The molecule has 0 aliphatic heterocycles. The van der Waals surface area contributed by atoms with Gasteiger partial charge in [-0.3, -0.25) is 4.79 Å². The third-order valence-electron chi connectivity index (χ3n) is 1.34. The summed E-state index contributed by atoms with van der Waals surface area (Å²) in [5.41, 5.74) is 5.82. The minimum absolute atomic E-state index is 0.144. The van der Waals surface area contributed by atoms with Crippen molar-refractivity contribution in [3.8, 4) is 0 Å². The second-order valence-electron chi connectivity index (χ2n) is 1.95. The molecule has 1 aromatic heterocycles. The number of nitrogens with two attached hydrogens (primary N) is 1. The average Bonchev–Trinajstić information content (AvgIpc) is 1.88. The van der Waals surface area contributed by atoms with Crippen molar-refractivity contribution >= 4 is 5.82 Å². The summed E-state index contributed by atoms with van der Waals surface area (Å²) in [6, 6.07) is 0. The highest BCUT2D eigenvalue weighted by Crippen LogP contribution is 1.98. The van der Waals surface area contributed by atoms with Crippen molar-refractivity contribution < 1.29 is 0 Å².